The van der Waals surface area contributed by atoms with Crippen LogP contribution in [0.25, 0.3) is 0 Å². The Morgan fingerprint density at radius 3 is 2.57 bits per heavy atom. The molecule has 1 saturated heterocycles. The fourth-order valence-corrected chi connectivity index (χ4v) is 3.02. The highest BCUT2D eigenvalue weighted by atomic mass is 35.5. The van der Waals surface area contributed by atoms with Crippen molar-refractivity contribution >= 4 is 17.4 Å². The molecule has 0 aliphatic carbocycles. The molecular weight excluding hydrogens is 288 g/mol. The van der Waals surface area contributed by atoms with Crippen molar-refractivity contribution in [1.82, 2.24) is 9.80 Å². The van der Waals surface area contributed by atoms with E-state index < -0.39 is 0 Å². The topological polar surface area (TPSA) is 65.1 Å². The van der Waals surface area contributed by atoms with Gasteiger partial charge in [-0.05, 0) is 18.1 Å². The van der Waals surface area contributed by atoms with Gasteiger partial charge >= 0.3 is 0 Å². The summed E-state index contributed by atoms with van der Waals surface area (Å²) >= 11 is 6.21. The first-order chi connectivity index (χ1) is 10.2. The molecule has 21 heavy (non-hydrogen) atoms. The van der Waals surface area contributed by atoms with E-state index in [1.54, 1.807) is 0 Å². The number of hydrogen-bond acceptors (Lipinski definition) is 4. The maximum Gasteiger partial charge on any atom is 0.156 e. The first-order valence-electron chi connectivity index (χ1n) is 7.33. The van der Waals surface area contributed by atoms with Crippen molar-refractivity contribution in [3.63, 3.8) is 0 Å². The highest BCUT2D eigenvalue weighted by Crippen LogP contribution is 2.18. The lowest BCUT2D eigenvalue weighted by atomic mass is 10.1. The van der Waals surface area contributed by atoms with Gasteiger partial charge in [0.1, 0.15) is 0 Å². The summed E-state index contributed by atoms with van der Waals surface area (Å²) < 4.78 is 0. The Balaban J connectivity index is 1.90. The van der Waals surface area contributed by atoms with Crippen LogP contribution in [0.4, 0.5) is 0 Å². The molecule has 5 nitrogen and oxygen atoms in total. The third kappa shape index (κ3) is 4.09. The van der Waals surface area contributed by atoms with E-state index in [1.807, 2.05) is 18.2 Å². The molecule has 1 heterocycles. The minimum atomic E-state index is 0.0254. The lowest BCUT2D eigenvalue weighted by Crippen LogP contribution is -2.53. The molecule has 1 aliphatic heterocycles. The maximum absolute atomic E-state index is 8.86. The summed E-state index contributed by atoms with van der Waals surface area (Å²) in [6.07, 6.45) is 0.848. The normalized spacial score (nSPS) is 19.6. The molecule has 0 aromatic heterocycles. The van der Waals surface area contributed by atoms with Crippen LogP contribution < -0.4 is 5.73 Å². The minimum Gasteiger partial charge on any atom is -0.409 e. The maximum atomic E-state index is 8.86. The summed E-state index contributed by atoms with van der Waals surface area (Å²) in [7, 11) is 0. The molecule has 0 saturated carbocycles. The Bertz CT molecular complexity index is 486. The molecule has 1 fully saturated rings. The van der Waals surface area contributed by atoms with Gasteiger partial charge in [0.2, 0.25) is 0 Å². The van der Waals surface area contributed by atoms with Crippen LogP contribution in [0, 0.1) is 0 Å². The largest absolute Gasteiger partial charge is 0.409 e. The van der Waals surface area contributed by atoms with Gasteiger partial charge in [0.05, 0.1) is 6.04 Å². The fraction of sp³-hybridized carbons (Fsp3) is 0.533. The second kappa shape index (κ2) is 7.64. The summed E-state index contributed by atoms with van der Waals surface area (Å²) in [5.41, 5.74) is 6.93. The molecule has 0 bridgehead atoms. The Kier molecular flexibility index (Phi) is 5.85. The van der Waals surface area contributed by atoms with Gasteiger partial charge in [-0.1, -0.05) is 41.9 Å². The van der Waals surface area contributed by atoms with Crippen molar-refractivity contribution in [3.8, 4) is 0 Å². The molecule has 116 valence electrons. The Morgan fingerprint density at radius 1 is 1.33 bits per heavy atom. The van der Waals surface area contributed by atoms with Gasteiger partial charge in [0.25, 0.3) is 0 Å². The Hall–Kier alpha value is -1.30. The van der Waals surface area contributed by atoms with Crippen molar-refractivity contribution in [2.24, 2.45) is 10.9 Å². The van der Waals surface area contributed by atoms with Crippen molar-refractivity contribution < 1.29 is 5.21 Å². The molecule has 1 aromatic rings. The molecular formula is C15H23ClN4O. The van der Waals surface area contributed by atoms with E-state index in [1.165, 1.54) is 0 Å². The molecule has 1 aromatic carbocycles. The molecule has 2 rings (SSSR count). The van der Waals surface area contributed by atoms with E-state index in [-0.39, 0.29) is 6.04 Å². The van der Waals surface area contributed by atoms with Crippen molar-refractivity contribution in [3.05, 3.63) is 34.9 Å². The summed E-state index contributed by atoms with van der Waals surface area (Å²) in [5, 5.41) is 12.8. The number of benzene rings is 1. The molecule has 1 unspecified atom stereocenters. The van der Waals surface area contributed by atoms with Crippen LogP contribution in [0.5, 0.6) is 0 Å². The molecule has 0 radical (unpaired) electrons. The average Bonchev–Trinajstić information content (AvgIpc) is 2.51. The standard InChI is InChI=1S/C15H23ClN4O/c1-2-14(15(17)18-21)20-9-7-19(8-10-20)11-12-5-3-4-6-13(12)16/h3-6,14,21H,2,7-11H2,1H3,(H2,17,18). The number of oxime groups is 1. The third-order valence-corrected chi connectivity index (χ3v) is 4.41. The van der Waals surface area contributed by atoms with Crippen LogP contribution in [0.15, 0.2) is 29.4 Å². The fourth-order valence-electron chi connectivity index (χ4n) is 2.82. The van der Waals surface area contributed by atoms with E-state index in [0.29, 0.717) is 5.84 Å². The van der Waals surface area contributed by atoms with Crippen molar-refractivity contribution in [1.29, 1.82) is 0 Å². The van der Waals surface area contributed by atoms with Gasteiger partial charge in [-0.2, -0.15) is 0 Å². The second-order valence-corrected chi connectivity index (χ2v) is 5.76. The van der Waals surface area contributed by atoms with Gasteiger partial charge in [0, 0.05) is 37.7 Å². The van der Waals surface area contributed by atoms with E-state index in [9.17, 15) is 0 Å². The van der Waals surface area contributed by atoms with E-state index in [0.717, 1.165) is 49.7 Å². The number of halogens is 1. The van der Waals surface area contributed by atoms with Gasteiger partial charge in [-0.3, -0.25) is 9.80 Å². The van der Waals surface area contributed by atoms with E-state index >= 15 is 0 Å². The molecule has 6 heteroatoms. The average molecular weight is 311 g/mol. The van der Waals surface area contributed by atoms with Crippen LogP contribution in [-0.2, 0) is 6.54 Å². The second-order valence-electron chi connectivity index (χ2n) is 5.35. The zero-order chi connectivity index (χ0) is 15.2. The van der Waals surface area contributed by atoms with Gasteiger partial charge in [-0.15, -0.1) is 0 Å². The number of piperazine rings is 1. The predicted octanol–water partition coefficient (Wildman–Crippen LogP) is 1.98. The summed E-state index contributed by atoms with van der Waals surface area (Å²) in [5.74, 6) is 0.303. The van der Waals surface area contributed by atoms with Crippen LogP contribution in [-0.4, -0.2) is 53.1 Å². The number of nitrogens with zero attached hydrogens (tertiary/aromatic N) is 3. The zero-order valence-electron chi connectivity index (χ0n) is 12.4. The van der Waals surface area contributed by atoms with Crippen LogP contribution >= 0.6 is 11.6 Å². The van der Waals surface area contributed by atoms with Crippen molar-refractivity contribution in [2.45, 2.75) is 25.9 Å². The van der Waals surface area contributed by atoms with E-state index in [4.69, 9.17) is 22.5 Å². The third-order valence-electron chi connectivity index (χ3n) is 4.04. The number of nitrogens with two attached hydrogens (primary N) is 1. The summed E-state index contributed by atoms with van der Waals surface area (Å²) in [4.78, 5) is 4.66. The number of amidine groups is 1. The molecule has 1 aliphatic rings. The van der Waals surface area contributed by atoms with Crippen LogP contribution in [0.1, 0.15) is 18.9 Å². The lowest BCUT2D eigenvalue weighted by Gasteiger charge is -2.38. The van der Waals surface area contributed by atoms with Gasteiger partial charge < -0.3 is 10.9 Å². The lowest BCUT2D eigenvalue weighted by molar-refractivity contribution is 0.110. The monoisotopic (exact) mass is 310 g/mol. The molecule has 3 N–H and O–H groups in total. The molecule has 0 amide bonds. The Labute approximate surface area is 131 Å². The smallest absolute Gasteiger partial charge is 0.156 e. The summed E-state index contributed by atoms with van der Waals surface area (Å²) in [6.45, 7) is 6.67. The van der Waals surface area contributed by atoms with E-state index in [2.05, 4.69) is 27.9 Å². The number of hydrogen-bond donors (Lipinski definition) is 2. The Morgan fingerprint density at radius 2 is 2.00 bits per heavy atom. The minimum absolute atomic E-state index is 0.0254. The SMILES string of the molecule is CCC(C(N)=NO)N1CCN(Cc2ccccc2Cl)CC1. The zero-order valence-corrected chi connectivity index (χ0v) is 13.1. The van der Waals surface area contributed by atoms with Gasteiger partial charge in [-0.25, -0.2) is 0 Å². The van der Waals surface area contributed by atoms with Crippen LogP contribution in [0.2, 0.25) is 5.02 Å². The first-order valence-corrected chi connectivity index (χ1v) is 7.70. The first kappa shape index (κ1) is 16.1. The quantitative estimate of drug-likeness (QED) is 0.378. The predicted molar refractivity (Wildman–Crippen MR) is 85.8 cm³/mol. The van der Waals surface area contributed by atoms with Crippen molar-refractivity contribution in [2.75, 3.05) is 26.2 Å². The van der Waals surface area contributed by atoms with Crippen LogP contribution in [0.3, 0.4) is 0 Å². The molecule has 0 spiro atoms. The summed E-state index contributed by atoms with van der Waals surface area (Å²) in [6, 6.07) is 7.99. The number of rotatable bonds is 5. The van der Waals surface area contributed by atoms with Gasteiger partial charge in [0.15, 0.2) is 5.84 Å². The highest BCUT2D eigenvalue weighted by Gasteiger charge is 2.25. The highest BCUT2D eigenvalue weighted by molar-refractivity contribution is 6.31. The molecule has 1 atom stereocenters.